The third-order valence-corrected chi connectivity index (χ3v) is 4.32. The Labute approximate surface area is 122 Å². The van der Waals surface area contributed by atoms with Crippen LogP contribution in [0.15, 0.2) is 36.4 Å². The summed E-state index contributed by atoms with van der Waals surface area (Å²) in [6.07, 6.45) is 2.68. The van der Waals surface area contributed by atoms with Crippen LogP contribution in [0.2, 0.25) is 0 Å². The largest absolute Gasteiger partial charge is 0.310 e. The van der Waals surface area contributed by atoms with Gasteiger partial charge in [-0.2, -0.15) is 0 Å². The number of hydrogen-bond acceptors (Lipinski definition) is 1. The molecule has 104 valence electrons. The lowest BCUT2D eigenvalue weighted by atomic mass is 9.92. The highest BCUT2D eigenvalue weighted by atomic mass is 14.9. The zero-order valence-electron chi connectivity index (χ0n) is 12.7. The predicted octanol–water partition coefficient (Wildman–Crippen LogP) is 4.53. The lowest BCUT2D eigenvalue weighted by molar-refractivity contribution is 0.688. The molecule has 1 aliphatic rings. The van der Waals surface area contributed by atoms with Gasteiger partial charge in [-0.15, -0.1) is 0 Å². The van der Waals surface area contributed by atoms with Crippen molar-refractivity contribution in [3.63, 3.8) is 0 Å². The average molecular weight is 265 g/mol. The monoisotopic (exact) mass is 265 g/mol. The first-order valence-electron chi connectivity index (χ1n) is 7.54. The summed E-state index contributed by atoms with van der Waals surface area (Å²) < 4.78 is 0. The van der Waals surface area contributed by atoms with Crippen LogP contribution in [0.3, 0.4) is 0 Å². The van der Waals surface area contributed by atoms with Crippen molar-refractivity contribution in [2.75, 3.05) is 0 Å². The molecule has 0 heterocycles. The third-order valence-electron chi connectivity index (χ3n) is 4.32. The van der Waals surface area contributed by atoms with E-state index in [2.05, 4.69) is 62.5 Å². The van der Waals surface area contributed by atoms with Crippen LogP contribution in [0.1, 0.15) is 35.1 Å². The molecule has 0 spiro atoms. The van der Waals surface area contributed by atoms with E-state index in [1.165, 1.54) is 46.2 Å². The standard InChI is InChI=1S/C19H23N/c1-13-7-8-16(12-20-17-9-10-17)19(11-13)18-6-4-5-14(2)15(18)3/h4-8,11,17,20H,9-10,12H2,1-3H3. The van der Waals surface area contributed by atoms with E-state index >= 15 is 0 Å². The second-order valence-corrected chi connectivity index (χ2v) is 6.06. The maximum absolute atomic E-state index is 3.64. The molecule has 0 radical (unpaired) electrons. The minimum atomic E-state index is 0.753. The van der Waals surface area contributed by atoms with Gasteiger partial charge in [-0.1, -0.05) is 42.0 Å². The van der Waals surface area contributed by atoms with E-state index in [-0.39, 0.29) is 0 Å². The van der Waals surface area contributed by atoms with Gasteiger partial charge in [0, 0.05) is 12.6 Å². The predicted molar refractivity (Wildman–Crippen MR) is 86.0 cm³/mol. The van der Waals surface area contributed by atoms with Gasteiger partial charge in [-0.05, 0) is 61.4 Å². The Morgan fingerprint density at radius 3 is 2.55 bits per heavy atom. The number of nitrogens with one attached hydrogen (secondary N) is 1. The highest BCUT2D eigenvalue weighted by Crippen LogP contribution is 2.30. The van der Waals surface area contributed by atoms with Crippen LogP contribution >= 0.6 is 0 Å². The van der Waals surface area contributed by atoms with E-state index in [0.717, 1.165) is 12.6 Å². The van der Waals surface area contributed by atoms with Crippen molar-refractivity contribution in [2.24, 2.45) is 0 Å². The van der Waals surface area contributed by atoms with Crippen molar-refractivity contribution in [3.05, 3.63) is 58.7 Å². The molecule has 1 aliphatic carbocycles. The average Bonchev–Trinajstić information content (AvgIpc) is 3.25. The van der Waals surface area contributed by atoms with Crippen LogP contribution in [-0.2, 0) is 6.54 Å². The van der Waals surface area contributed by atoms with Gasteiger partial charge in [0.1, 0.15) is 0 Å². The molecule has 1 saturated carbocycles. The van der Waals surface area contributed by atoms with Crippen molar-refractivity contribution >= 4 is 0 Å². The normalized spacial score (nSPS) is 14.6. The summed E-state index contributed by atoms with van der Waals surface area (Å²) in [6, 6.07) is 14.2. The molecule has 2 aromatic rings. The Hall–Kier alpha value is -1.60. The SMILES string of the molecule is Cc1ccc(CNC2CC2)c(-c2cccc(C)c2C)c1. The maximum atomic E-state index is 3.64. The molecule has 0 aromatic heterocycles. The molecular formula is C19H23N. The van der Waals surface area contributed by atoms with Gasteiger partial charge in [0.15, 0.2) is 0 Å². The summed E-state index contributed by atoms with van der Waals surface area (Å²) in [5.41, 5.74) is 8.27. The lowest BCUT2D eigenvalue weighted by Crippen LogP contribution is -2.16. The molecule has 0 unspecified atom stereocenters. The van der Waals surface area contributed by atoms with E-state index in [1.54, 1.807) is 0 Å². The van der Waals surface area contributed by atoms with Crippen LogP contribution in [0.25, 0.3) is 11.1 Å². The molecule has 1 fully saturated rings. The van der Waals surface area contributed by atoms with Crippen LogP contribution in [0.4, 0.5) is 0 Å². The number of rotatable bonds is 4. The summed E-state index contributed by atoms with van der Waals surface area (Å²) in [6.45, 7) is 7.57. The summed E-state index contributed by atoms with van der Waals surface area (Å²) in [7, 11) is 0. The molecule has 0 aliphatic heterocycles. The molecular weight excluding hydrogens is 242 g/mol. The minimum absolute atomic E-state index is 0.753. The molecule has 0 saturated heterocycles. The number of aryl methyl sites for hydroxylation is 2. The number of hydrogen-bond donors (Lipinski definition) is 1. The van der Waals surface area contributed by atoms with Crippen LogP contribution in [0, 0.1) is 20.8 Å². The van der Waals surface area contributed by atoms with E-state index in [0.29, 0.717) is 0 Å². The fourth-order valence-corrected chi connectivity index (χ4v) is 2.68. The summed E-state index contributed by atoms with van der Waals surface area (Å²) in [5, 5.41) is 3.64. The third kappa shape index (κ3) is 2.78. The Kier molecular flexibility index (Phi) is 3.62. The highest BCUT2D eigenvalue weighted by molar-refractivity contribution is 5.72. The van der Waals surface area contributed by atoms with Gasteiger partial charge in [0.05, 0.1) is 0 Å². The Morgan fingerprint density at radius 2 is 1.80 bits per heavy atom. The zero-order valence-corrected chi connectivity index (χ0v) is 12.7. The first kappa shape index (κ1) is 13.4. The summed E-state index contributed by atoms with van der Waals surface area (Å²) >= 11 is 0. The molecule has 3 rings (SSSR count). The highest BCUT2D eigenvalue weighted by Gasteiger charge is 2.20. The van der Waals surface area contributed by atoms with E-state index < -0.39 is 0 Å². The molecule has 2 aromatic carbocycles. The zero-order chi connectivity index (χ0) is 14.1. The van der Waals surface area contributed by atoms with Crippen LogP contribution in [0.5, 0.6) is 0 Å². The van der Waals surface area contributed by atoms with E-state index in [4.69, 9.17) is 0 Å². The molecule has 20 heavy (non-hydrogen) atoms. The van der Waals surface area contributed by atoms with E-state index in [9.17, 15) is 0 Å². The Morgan fingerprint density at radius 1 is 1.00 bits per heavy atom. The van der Waals surface area contributed by atoms with Crippen molar-refractivity contribution in [1.29, 1.82) is 0 Å². The second kappa shape index (κ2) is 5.41. The number of benzene rings is 2. The van der Waals surface area contributed by atoms with Crippen molar-refractivity contribution in [3.8, 4) is 11.1 Å². The second-order valence-electron chi connectivity index (χ2n) is 6.06. The topological polar surface area (TPSA) is 12.0 Å². The summed E-state index contributed by atoms with van der Waals surface area (Å²) in [5.74, 6) is 0. The molecule has 1 N–H and O–H groups in total. The molecule has 1 heteroatoms. The molecule has 0 bridgehead atoms. The van der Waals surface area contributed by atoms with Gasteiger partial charge in [0.25, 0.3) is 0 Å². The van der Waals surface area contributed by atoms with E-state index in [1.807, 2.05) is 0 Å². The fraction of sp³-hybridized carbons (Fsp3) is 0.368. The lowest BCUT2D eigenvalue weighted by Gasteiger charge is -2.15. The van der Waals surface area contributed by atoms with Gasteiger partial charge >= 0.3 is 0 Å². The Balaban J connectivity index is 2.01. The van der Waals surface area contributed by atoms with Gasteiger partial charge < -0.3 is 5.32 Å². The quantitative estimate of drug-likeness (QED) is 0.856. The molecule has 0 atom stereocenters. The van der Waals surface area contributed by atoms with Crippen molar-refractivity contribution in [2.45, 2.75) is 46.2 Å². The summed E-state index contributed by atoms with van der Waals surface area (Å²) in [4.78, 5) is 0. The van der Waals surface area contributed by atoms with Crippen LogP contribution < -0.4 is 5.32 Å². The molecule has 1 nitrogen and oxygen atoms in total. The van der Waals surface area contributed by atoms with Gasteiger partial charge in [-0.25, -0.2) is 0 Å². The maximum Gasteiger partial charge on any atom is 0.0214 e. The van der Waals surface area contributed by atoms with Crippen LogP contribution in [-0.4, -0.2) is 6.04 Å². The van der Waals surface area contributed by atoms with Gasteiger partial charge in [-0.3, -0.25) is 0 Å². The Bertz CT molecular complexity index is 624. The van der Waals surface area contributed by atoms with Crippen molar-refractivity contribution in [1.82, 2.24) is 5.32 Å². The first-order valence-corrected chi connectivity index (χ1v) is 7.54. The first-order chi connectivity index (χ1) is 9.65. The minimum Gasteiger partial charge on any atom is -0.310 e. The fourth-order valence-electron chi connectivity index (χ4n) is 2.68. The van der Waals surface area contributed by atoms with Gasteiger partial charge in [0.2, 0.25) is 0 Å². The molecule has 0 amide bonds. The smallest absolute Gasteiger partial charge is 0.0214 e. The van der Waals surface area contributed by atoms with Crippen molar-refractivity contribution < 1.29 is 0 Å².